The number of nitrogens with two attached hydrogens (primary N) is 1. The van der Waals surface area contributed by atoms with Crippen LogP contribution in [0.2, 0.25) is 0 Å². The molecule has 0 aliphatic carbocycles. The van der Waals surface area contributed by atoms with Crippen LogP contribution in [0, 0.1) is 0 Å². The Morgan fingerprint density at radius 2 is 2.04 bits per heavy atom. The highest BCUT2D eigenvalue weighted by Crippen LogP contribution is 2.25. The number of guanidine groups is 1. The van der Waals surface area contributed by atoms with Crippen LogP contribution in [0.4, 0.5) is 0 Å². The zero-order chi connectivity index (χ0) is 18.2. The Hall–Kier alpha value is -0.430. The average molecular weight is 504 g/mol. The molecule has 0 spiro atoms. The monoisotopic (exact) mass is 504 g/mol. The van der Waals surface area contributed by atoms with Gasteiger partial charge in [-0.2, -0.15) is 4.31 Å². The summed E-state index contributed by atoms with van der Waals surface area (Å²) in [4.78, 5) is 5.23. The zero-order valence-corrected chi connectivity index (χ0v) is 19.2. The standard InChI is InChI=1S/C15H28N4O3S2.HI/c1-5-19(6-2)24(20,21)14-8-7-13(23-14)9-10-17-15(16)18-12(3)11-22-4;/h7-8,12H,5-6,9-11H2,1-4H3,(H3,16,17,18);1H. The lowest BCUT2D eigenvalue weighted by Crippen LogP contribution is -2.40. The summed E-state index contributed by atoms with van der Waals surface area (Å²) in [7, 11) is -1.75. The van der Waals surface area contributed by atoms with Gasteiger partial charge in [-0.1, -0.05) is 13.8 Å². The molecular weight excluding hydrogens is 475 g/mol. The molecule has 1 heterocycles. The predicted octanol–water partition coefficient (Wildman–Crippen LogP) is 1.88. The Labute approximate surface area is 172 Å². The van der Waals surface area contributed by atoms with E-state index in [1.807, 2.05) is 26.8 Å². The number of thiophene rings is 1. The highest BCUT2D eigenvalue weighted by Gasteiger charge is 2.23. The van der Waals surface area contributed by atoms with Crippen LogP contribution in [0.5, 0.6) is 0 Å². The zero-order valence-electron chi connectivity index (χ0n) is 15.2. The van der Waals surface area contributed by atoms with Crippen LogP contribution in [0.25, 0.3) is 0 Å². The van der Waals surface area contributed by atoms with Crippen LogP contribution in [0.15, 0.2) is 21.3 Å². The average Bonchev–Trinajstić information content (AvgIpc) is 2.98. The predicted molar refractivity (Wildman–Crippen MR) is 115 cm³/mol. The molecule has 10 heteroatoms. The molecule has 0 aliphatic heterocycles. The van der Waals surface area contributed by atoms with E-state index in [4.69, 9.17) is 10.5 Å². The molecular formula is C15H29IN4O3S2. The van der Waals surface area contributed by atoms with Gasteiger partial charge in [0.15, 0.2) is 5.96 Å². The summed E-state index contributed by atoms with van der Waals surface area (Å²) in [5.41, 5.74) is 5.80. The van der Waals surface area contributed by atoms with Crippen molar-refractivity contribution in [2.75, 3.05) is 33.4 Å². The number of halogens is 1. The summed E-state index contributed by atoms with van der Waals surface area (Å²) >= 11 is 1.29. The molecule has 0 aliphatic rings. The van der Waals surface area contributed by atoms with E-state index < -0.39 is 10.0 Å². The second-order valence-electron chi connectivity index (χ2n) is 5.33. The van der Waals surface area contributed by atoms with Gasteiger partial charge in [-0.05, 0) is 19.1 Å². The van der Waals surface area contributed by atoms with Crippen LogP contribution < -0.4 is 11.1 Å². The van der Waals surface area contributed by atoms with Crippen LogP contribution >= 0.6 is 35.3 Å². The molecule has 146 valence electrons. The van der Waals surface area contributed by atoms with Crippen molar-refractivity contribution in [1.29, 1.82) is 0 Å². The lowest BCUT2D eigenvalue weighted by atomic mass is 10.3. The molecule has 0 bridgehead atoms. The maximum Gasteiger partial charge on any atom is 0.252 e. The molecule has 1 atom stereocenters. The van der Waals surface area contributed by atoms with E-state index in [1.165, 1.54) is 15.6 Å². The summed E-state index contributed by atoms with van der Waals surface area (Å²) in [6.07, 6.45) is 0.652. The summed E-state index contributed by atoms with van der Waals surface area (Å²) in [5, 5.41) is 3.03. The molecule has 1 aromatic rings. The summed E-state index contributed by atoms with van der Waals surface area (Å²) in [6.45, 7) is 7.62. The quantitative estimate of drug-likeness (QED) is 0.288. The van der Waals surface area contributed by atoms with Crippen LogP contribution in [-0.4, -0.2) is 58.1 Å². The van der Waals surface area contributed by atoms with Gasteiger partial charge in [0.1, 0.15) is 4.21 Å². The highest BCUT2D eigenvalue weighted by atomic mass is 127. The molecule has 1 aromatic heterocycles. The minimum Gasteiger partial charge on any atom is -0.383 e. The van der Waals surface area contributed by atoms with Crippen molar-refractivity contribution in [2.45, 2.75) is 37.4 Å². The first-order chi connectivity index (χ1) is 11.3. The first-order valence-electron chi connectivity index (χ1n) is 7.99. The highest BCUT2D eigenvalue weighted by molar-refractivity contribution is 14.0. The van der Waals surface area contributed by atoms with E-state index >= 15 is 0 Å². The Kier molecular flexibility index (Phi) is 11.8. The SMILES string of the molecule is CCN(CC)S(=O)(=O)c1ccc(CCN=C(N)NC(C)COC)s1.I. The summed E-state index contributed by atoms with van der Waals surface area (Å²) in [5.74, 6) is 0.368. The van der Waals surface area contributed by atoms with Crippen LogP contribution in [-0.2, 0) is 21.2 Å². The second-order valence-corrected chi connectivity index (χ2v) is 8.66. The van der Waals surface area contributed by atoms with Crippen molar-refractivity contribution in [1.82, 2.24) is 9.62 Å². The van der Waals surface area contributed by atoms with Gasteiger partial charge in [0.2, 0.25) is 0 Å². The Balaban J connectivity index is 0.00000576. The minimum absolute atomic E-state index is 0. The topological polar surface area (TPSA) is 97.0 Å². The van der Waals surface area contributed by atoms with Gasteiger partial charge >= 0.3 is 0 Å². The first kappa shape index (κ1) is 24.6. The number of sulfonamides is 1. The maximum atomic E-state index is 12.4. The number of rotatable bonds is 10. The molecule has 0 aromatic carbocycles. The van der Waals surface area contributed by atoms with Gasteiger partial charge in [-0.25, -0.2) is 8.42 Å². The molecule has 1 rings (SSSR count). The molecule has 0 saturated heterocycles. The number of aliphatic imine (C=N–C) groups is 1. The molecule has 0 amide bonds. The Morgan fingerprint density at radius 1 is 1.40 bits per heavy atom. The number of methoxy groups -OCH3 is 1. The number of nitrogens with one attached hydrogen (secondary N) is 1. The van der Waals surface area contributed by atoms with Gasteiger partial charge in [0, 0.05) is 44.1 Å². The number of hydrogen-bond acceptors (Lipinski definition) is 5. The second kappa shape index (κ2) is 12.0. The maximum absolute atomic E-state index is 12.4. The molecule has 0 radical (unpaired) electrons. The fourth-order valence-corrected chi connectivity index (χ4v) is 5.16. The molecule has 0 fully saturated rings. The Morgan fingerprint density at radius 3 is 2.60 bits per heavy atom. The number of ether oxygens (including phenoxy) is 1. The van der Waals surface area contributed by atoms with Crippen molar-refractivity contribution in [3.8, 4) is 0 Å². The summed E-state index contributed by atoms with van der Waals surface area (Å²) < 4.78 is 31.7. The van der Waals surface area contributed by atoms with Gasteiger partial charge in [-0.15, -0.1) is 35.3 Å². The molecule has 3 N–H and O–H groups in total. The van der Waals surface area contributed by atoms with E-state index in [-0.39, 0.29) is 30.0 Å². The Bertz CT molecular complexity index is 630. The van der Waals surface area contributed by atoms with Crippen LogP contribution in [0.3, 0.4) is 0 Å². The largest absolute Gasteiger partial charge is 0.383 e. The number of nitrogens with zero attached hydrogens (tertiary/aromatic N) is 2. The number of hydrogen-bond donors (Lipinski definition) is 2. The third-order valence-corrected chi connectivity index (χ3v) is 7.05. The molecule has 1 unspecified atom stereocenters. The van der Waals surface area contributed by atoms with E-state index in [1.54, 1.807) is 13.2 Å². The van der Waals surface area contributed by atoms with Crippen molar-refractivity contribution in [3.63, 3.8) is 0 Å². The van der Waals surface area contributed by atoms with Gasteiger partial charge < -0.3 is 15.8 Å². The minimum atomic E-state index is -3.38. The van der Waals surface area contributed by atoms with Crippen molar-refractivity contribution < 1.29 is 13.2 Å². The van der Waals surface area contributed by atoms with E-state index in [0.717, 1.165) is 4.88 Å². The normalized spacial score (nSPS) is 13.6. The fraction of sp³-hybridized carbons (Fsp3) is 0.667. The smallest absolute Gasteiger partial charge is 0.252 e. The van der Waals surface area contributed by atoms with Crippen molar-refractivity contribution >= 4 is 51.3 Å². The fourth-order valence-electron chi connectivity index (χ4n) is 2.20. The van der Waals surface area contributed by atoms with Gasteiger partial charge in [0.25, 0.3) is 10.0 Å². The van der Waals surface area contributed by atoms with E-state index in [2.05, 4.69) is 10.3 Å². The van der Waals surface area contributed by atoms with Crippen LogP contribution in [0.1, 0.15) is 25.6 Å². The van der Waals surface area contributed by atoms with E-state index in [9.17, 15) is 8.42 Å². The molecule has 25 heavy (non-hydrogen) atoms. The van der Waals surface area contributed by atoms with Gasteiger partial charge in [0.05, 0.1) is 6.61 Å². The third-order valence-electron chi connectivity index (χ3n) is 3.39. The van der Waals surface area contributed by atoms with Crippen molar-refractivity contribution in [3.05, 3.63) is 17.0 Å². The molecule has 0 saturated carbocycles. The van der Waals surface area contributed by atoms with Crippen molar-refractivity contribution in [2.24, 2.45) is 10.7 Å². The third kappa shape index (κ3) is 7.77. The van der Waals surface area contributed by atoms with Gasteiger partial charge in [-0.3, -0.25) is 4.99 Å². The molecule has 7 nitrogen and oxygen atoms in total. The summed E-state index contributed by atoms with van der Waals surface area (Å²) in [6, 6.07) is 3.60. The lowest BCUT2D eigenvalue weighted by Gasteiger charge is -2.16. The lowest BCUT2D eigenvalue weighted by molar-refractivity contribution is 0.179. The van der Waals surface area contributed by atoms with E-state index in [0.29, 0.717) is 42.8 Å². The first-order valence-corrected chi connectivity index (χ1v) is 10.2.